The first-order chi connectivity index (χ1) is 13.9. The standard InChI is InChI=1S/C20H11Cl3N2O4/c21-11-6-1-2-7-12(11)25-24-8-9-4-3-5-10-16(26)13-17(27)14(22)18(28)15(23)20(13)29-19(9)10/h1-8,25,27-28H/b24-8+. The number of phenols is 2. The van der Waals surface area contributed by atoms with Gasteiger partial charge in [-0.05, 0) is 24.3 Å². The van der Waals surface area contributed by atoms with Gasteiger partial charge in [0.15, 0.2) is 17.1 Å². The number of para-hydroxylation sites is 2. The highest BCUT2D eigenvalue weighted by Gasteiger charge is 2.22. The Kier molecular flexibility index (Phi) is 5.00. The van der Waals surface area contributed by atoms with E-state index < -0.39 is 22.0 Å². The first kappa shape index (κ1) is 19.4. The highest BCUT2D eigenvalue weighted by Crippen LogP contribution is 2.45. The number of hydrogen-bond donors (Lipinski definition) is 3. The number of benzene rings is 3. The summed E-state index contributed by atoms with van der Waals surface area (Å²) in [6.45, 7) is 0. The second kappa shape index (κ2) is 7.48. The first-order valence-electron chi connectivity index (χ1n) is 8.22. The van der Waals surface area contributed by atoms with Crippen LogP contribution in [0.4, 0.5) is 5.69 Å². The van der Waals surface area contributed by atoms with Crippen LogP contribution in [-0.2, 0) is 0 Å². The summed E-state index contributed by atoms with van der Waals surface area (Å²) in [7, 11) is 0. The summed E-state index contributed by atoms with van der Waals surface area (Å²) in [6.07, 6.45) is 1.45. The van der Waals surface area contributed by atoms with Gasteiger partial charge in [-0.1, -0.05) is 53.0 Å². The van der Waals surface area contributed by atoms with Crippen LogP contribution in [0.25, 0.3) is 21.9 Å². The molecule has 0 aliphatic heterocycles. The van der Waals surface area contributed by atoms with Gasteiger partial charge in [-0.2, -0.15) is 5.10 Å². The topological polar surface area (TPSA) is 95.1 Å². The molecule has 0 aliphatic rings. The molecule has 0 spiro atoms. The zero-order chi connectivity index (χ0) is 20.7. The SMILES string of the molecule is O=c1c2cccc(/C=N/Nc3ccccc3Cl)c2oc2c(Cl)c(O)c(Cl)c(O)c12. The van der Waals surface area contributed by atoms with Crippen molar-refractivity contribution in [2.45, 2.75) is 0 Å². The molecule has 0 saturated heterocycles. The van der Waals surface area contributed by atoms with Crippen molar-refractivity contribution in [3.63, 3.8) is 0 Å². The van der Waals surface area contributed by atoms with Gasteiger partial charge in [0, 0.05) is 5.56 Å². The molecule has 4 rings (SSSR count). The molecule has 1 aromatic heterocycles. The zero-order valence-corrected chi connectivity index (χ0v) is 16.7. The molecule has 6 nitrogen and oxygen atoms in total. The van der Waals surface area contributed by atoms with Crippen molar-refractivity contribution in [1.82, 2.24) is 0 Å². The fourth-order valence-electron chi connectivity index (χ4n) is 2.86. The van der Waals surface area contributed by atoms with Crippen molar-refractivity contribution in [3.05, 3.63) is 73.3 Å². The van der Waals surface area contributed by atoms with Crippen LogP contribution in [0.3, 0.4) is 0 Å². The number of rotatable bonds is 3. The van der Waals surface area contributed by atoms with E-state index in [4.69, 9.17) is 39.2 Å². The summed E-state index contributed by atoms with van der Waals surface area (Å²) in [6, 6.07) is 11.9. The van der Waals surface area contributed by atoms with E-state index in [1.54, 1.807) is 36.4 Å². The van der Waals surface area contributed by atoms with Crippen LogP contribution in [0.1, 0.15) is 5.56 Å². The Morgan fingerprint density at radius 3 is 2.45 bits per heavy atom. The van der Waals surface area contributed by atoms with Crippen molar-refractivity contribution in [2.75, 3.05) is 5.43 Å². The number of aromatic hydroxyl groups is 2. The molecule has 1 heterocycles. The van der Waals surface area contributed by atoms with Gasteiger partial charge in [-0.15, -0.1) is 0 Å². The predicted molar refractivity (Wildman–Crippen MR) is 116 cm³/mol. The summed E-state index contributed by atoms with van der Waals surface area (Å²) < 4.78 is 5.78. The van der Waals surface area contributed by atoms with Crippen LogP contribution >= 0.6 is 34.8 Å². The number of anilines is 1. The zero-order valence-electron chi connectivity index (χ0n) is 14.4. The Morgan fingerprint density at radius 1 is 0.931 bits per heavy atom. The number of nitrogens with zero attached hydrogens (tertiary/aromatic N) is 1. The molecule has 3 aromatic carbocycles. The normalized spacial score (nSPS) is 11.6. The molecular weight excluding hydrogens is 439 g/mol. The van der Waals surface area contributed by atoms with Crippen molar-refractivity contribution >= 4 is 68.6 Å². The fourth-order valence-corrected chi connectivity index (χ4v) is 3.50. The third kappa shape index (κ3) is 3.25. The maximum absolute atomic E-state index is 12.9. The minimum absolute atomic E-state index is 0.177. The Balaban J connectivity index is 1.90. The Hall–Kier alpha value is -2.93. The number of phenolic OH excluding ortho intramolecular Hbond substituents is 2. The molecule has 0 bridgehead atoms. The van der Waals surface area contributed by atoms with Crippen molar-refractivity contribution < 1.29 is 14.6 Å². The lowest BCUT2D eigenvalue weighted by molar-refractivity contribution is 0.453. The molecule has 29 heavy (non-hydrogen) atoms. The summed E-state index contributed by atoms with van der Waals surface area (Å²) in [4.78, 5) is 12.9. The summed E-state index contributed by atoms with van der Waals surface area (Å²) >= 11 is 18.0. The molecular formula is C20H11Cl3N2O4. The molecule has 0 radical (unpaired) electrons. The first-order valence-corrected chi connectivity index (χ1v) is 9.35. The quantitative estimate of drug-likeness (QED) is 0.210. The molecule has 3 N–H and O–H groups in total. The Labute approximate surface area is 178 Å². The number of hydrazone groups is 1. The molecule has 0 aliphatic carbocycles. The third-order valence-electron chi connectivity index (χ3n) is 4.27. The van der Waals surface area contributed by atoms with Gasteiger partial charge in [0.25, 0.3) is 0 Å². The number of hydrogen-bond acceptors (Lipinski definition) is 6. The maximum Gasteiger partial charge on any atom is 0.204 e. The van der Waals surface area contributed by atoms with Gasteiger partial charge in [0.2, 0.25) is 5.43 Å². The van der Waals surface area contributed by atoms with Crippen LogP contribution in [0, 0.1) is 0 Å². The van der Waals surface area contributed by atoms with Crippen LogP contribution < -0.4 is 10.9 Å². The smallest absolute Gasteiger partial charge is 0.204 e. The van der Waals surface area contributed by atoms with E-state index in [2.05, 4.69) is 10.5 Å². The van der Waals surface area contributed by atoms with Gasteiger partial charge in [-0.25, -0.2) is 0 Å². The highest BCUT2D eigenvalue weighted by molar-refractivity contribution is 6.42. The van der Waals surface area contributed by atoms with E-state index in [0.717, 1.165) is 0 Å². The number of halogens is 3. The Bertz CT molecular complexity index is 1370. The van der Waals surface area contributed by atoms with E-state index in [9.17, 15) is 15.0 Å². The molecule has 0 atom stereocenters. The number of fused-ring (bicyclic) bond motifs is 2. The van der Waals surface area contributed by atoms with E-state index in [0.29, 0.717) is 16.3 Å². The molecule has 146 valence electrons. The summed E-state index contributed by atoms with van der Waals surface area (Å²) in [5, 5.41) is 24.1. The lowest BCUT2D eigenvalue weighted by atomic mass is 10.1. The van der Waals surface area contributed by atoms with Crippen molar-refractivity contribution in [3.8, 4) is 11.5 Å². The van der Waals surface area contributed by atoms with E-state index in [1.807, 2.05) is 0 Å². The molecule has 0 unspecified atom stereocenters. The van der Waals surface area contributed by atoms with Crippen molar-refractivity contribution in [1.29, 1.82) is 0 Å². The lowest BCUT2D eigenvalue weighted by Crippen LogP contribution is -2.04. The van der Waals surface area contributed by atoms with E-state index in [1.165, 1.54) is 12.3 Å². The molecule has 0 fully saturated rings. The fraction of sp³-hybridized carbons (Fsp3) is 0. The average Bonchev–Trinajstić information content (AvgIpc) is 2.72. The molecule has 0 saturated carbocycles. The van der Waals surface area contributed by atoms with Crippen LogP contribution in [0.5, 0.6) is 11.5 Å². The van der Waals surface area contributed by atoms with E-state index >= 15 is 0 Å². The Morgan fingerprint density at radius 2 is 1.69 bits per heavy atom. The molecule has 9 heteroatoms. The number of nitrogens with one attached hydrogen (secondary N) is 1. The summed E-state index contributed by atoms with van der Waals surface area (Å²) in [5.41, 5.74) is 3.33. The maximum atomic E-state index is 12.9. The van der Waals surface area contributed by atoms with Crippen LogP contribution in [0.2, 0.25) is 15.1 Å². The lowest BCUT2D eigenvalue weighted by Gasteiger charge is -2.09. The largest absolute Gasteiger partial charge is 0.505 e. The van der Waals surface area contributed by atoms with Crippen LogP contribution in [0.15, 0.2) is 56.8 Å². The van der Waals surface area contributed by atoms with E-state index in [-0.39, 0.29) is 27.0 Å². The summed E-state index contributed by atoms with van der Waals surface area (Å²) in [5.74, 6) is -1.17. The van der Waals surface area contributed by atoms with Crippen LogP contribution in [-0.4, -0.2) is 16.4 Å². The third-order valence-corrected chi connectivity index (χ3v) is 5.31. The highest BCUT2D eigenvalue weighted by atomic mass is 35.5. The minimum Gasteiger partial charge on any atom is -0.505 e. The van der Waals surface area contributed by atoms with Gasteiger partial charge >= 0.3 is 0 Å². The predicted octanol–water partition coefficient (Wildman–Crippen LogP) is 5.76. The minimum atomic E-state index is -0.598. The van der Waals surface area contributed by atoms with Gasteiger partial charge in [-0.3, -0.25) is 10.2 Å². The van der Waals surface area contributed by atoms with Gasteiger partial charge in [0.1, 0.15) is 21.0 Å². The monoisotopic (exact) mass is 448 g/mol. The molecule has 4 aromatic rings. The van der Waals surface area contributed by atoms with Crippen molar-refractivity contribution in [2.24, 2.45) is 5.10 Å². The van der Waals surface area contributed by atoms with Gasteiger partial charge in [0.05, 0.1) is 22.3 Å². The average molecular weight is 450 g/mol. The second-order valence-corrected chi connectivity index (χ2v) is 7.20. The van der Waals surface area contributed by atoms with Gasteiger partial charge < -0.3 is 14.6 Å². The second-order valence-electron chi connectivity index (χ2n) is 6.03. The molecule has 0 amide bonds.